The zero-order chi connectivity index (χ0) is 88.7. The summed E-state index contributed by atoms with van der Waals surface area (Å²) in [6.07, 6.45) is 16.8. The van der Waals surface area contributed by atoms with Gasteiger partial charge in [-0.05, 0) is 221 Å². The SMILES string of the molecule is C.C.CCOB(O)c1cccc(Nc2nn(C3CCC[C@@H]3C#N)cc2C(N)=O)c1.COC(=O)c1ccc(Nc2nn(C3CCC[C@@H]3C#N)cc2C(N)=O)cc1B1OC(C)(C)C(C)(C)O1.COC(=O)c1ccc(Nc2nn(C3CCC[C@@H]3C#N)cc2C(N)=O)cc1Br.COC(=O)c1ccc(O[B]O)cc1Br.N#C[C@H]1CCCC1n1cc(C(N)=O)c(N)n1.[2H][2H].[B].[H-].[Na+]. The van der Waals surface area contributed by atoms with Crippen LogP contribution in [-0.4, -0.2) is 160 Å². The Morgan fingerprint density at radius 2 is 0.911 bits per heavy atom. The molecule has 36 nitrogen and oxygen atoms in total. The fraction of sp³-hybridized carbons (Fsp3) is 0.412. The second-order valence-electron chi connectivity index (χ2n) is 29.1. The maximum atomic E-state index is 12.5. The van der Waals surface area contributed by atoms with Crippen LogP contribution < -0.4 is 89.8 Å². The molecule has 8 atom stereocenters. The van der Waals surface area contributed by atoms with Gasteiger partial charge in [-0.3, -0.25) is 37.9 Å². The number of aromatic nitrogens is 8. The number of rotatable bonds is 23. The van der Waals surface area contributed by atoms with E-state index in [4.69, 9.17) is 70.0 Å². The van der Waals surface area contributed by atoms with Gasteiger partial charge in [0.15, 0.2) is 23.3 Å². The van der Waals surface area contributed by atoms with E-state index in [1.54, 1.807) is 117 Å². The topological polar surface area (TPSA) is 557 Å². The zero-order valence-electron chi connectivity index (χ0n) is 71.1. The van der Waals surface area contributed by atoms with Gasteiger partial charge in [0.1, 0.15) is 28.0 Å². The predicted octanol–water partition coefficient (Wildman–Crippen LogP) is 6.95. The molecule has 5 aliphatic rings. The third kappa shape index (κ3) is 25.1. The standard InChI is InChI=1S/C24H30BN5O5.C18H22BN5O3.C18H18BrN5O3.C10H13N5O.C8H7BBrO4.2CH4.B.Na.H2.H/c1-23(2)24(3,4)35-25(34-23)18-11-15(9-10-16(18)22(32)33-5)28-21-17(20(27)31)13-30(29-21)19-8-6-7-14(19)12-26;1-2-27-19(26)13-6-4-7-14(9-13)22-18-15(17(21)25)11-24(23-18)16-8-3-5-12(16)10-20;1-27-18(26)12-6-5-11(7-14(12)19)22-17-13(16(21)25)9-24(23-17)15-4-2-3-10(15)8-20;11-4-6-2-1-3-8(6)15-5-7(10(13)16)9(12)14-15;1-13-8(11)6-3-2-5(14-9-12)4-7(6)10;;;;;;/h9-11,13-14,19H,6-8H2,1-5H3,(H2,27,31)(H,28,29);4,6-7,9,11-12,16,26H,2-3,5,8H2,1H3,(H2,21,25)(H,22,23);5-7,9-10,15H,2-4H2,1H3,(H2,21,25)(H,22,23);5-6,8H,1-3H2,(H2,12,14)(H2,13,16);2-4,12H,1H3;2*1H4;;;1H;/q;;;;;;;;+1;;-1/t14-,19?;12-,16?;10-,15?;6-,8?;;;;;;;/m1111......./s1/i;;;;;;;;;1+1D;. The Labute approximate surface area is 760 Å². The van der Waals surface area contributed by atoms with Crippen LogP contribution >= 0.6 is 31.9 Å². The summed E-state index contributed by atoms with van der Waals surface area (Å²) < 4.78 is 54.1. The molecule has 5 heterocycles. The van der Waals surface area contributed by atoms with Crippen LogP contribution in [0.15, 0.2) is 113 Å². The van der Waals surface area contributed by atoms with Crippen LogP contribution in [-0.2, 0) is 28.2 Å². The average molecular weight is 1830 g/mol. The van der Waals surface area contributed by atoms with Crippen molar-refractivity contribution < 1.29 is 110 Å². The number of nitrogens with two attached hydrogens (primary N) is 5. The summed E-state index contributed by atoms with van der Waals surface area (Å²) >= 11 is 6.51. The molecule has 13 rings (SSSR count). The maximum absolute atomic E-state index is 12.5. The Morgan fingerprint density at radius 3 is 1.26 bits per heavy atom. The van der Waals surface area contributed by atoms with E-state index in [1.807, 2.05) is 27.7 Å². The van der Waals surface area contributed by atoms with E-state index in [0.29, 0.717) is 85.3 Å². The number of nitrogen functional groups attached to an aromatic ring is 1. The van der Waals surface area contributed by atoms with Crippen molar-refractivity contribution in [2.24, 2.45) is 46.6 Å². The van der Waals surface area contributed by atoms with Crippen LogP contribution in [0, 0.1) is 69.0 Å². The van der Waals surface area contributed by atoms with Crippen LogP contribution in [0.25, 0.3) is 0 Å². The van der Waals surface area contributed by atoms with Crippen LogP contribution in [0.5, 0.6) is 5.75 Å². The Morgan fingerprint density at radius 1 is 0.561 bits per heavy atom. The molecule has 8 aromatic rings. The summed E-state index contributed by atoms with van der Waals surface area (Å²) in [6.45, 7) is 9.89. The number of methoxy groups -OCH3 is 3. The molecule has 4 unspecified atom stereocenters. The molecule has 0 spiro atoms. The van der Waals surface area contributed by atoms with Crippen molar-refractivity contribution in [1.29, 1.82) is 21.0 Å². The molecule has 4 amide bonds. The first kappa shape index (κ1) is 101. The van der Waals surface area contributed by atoms with E-state index >= 15 is 0 Å². The van der Waals surface area contributed by atoms with E-state index in [0.717, 1.165) is 77.0 Å². The van der Waals surface area contributed by atoms with E-state index in [1.165, 1.54) is 33.6 Å². The number of carbonyl (C=O) groups excluding carboxylic acids is 7. The monoisotopic (exact) mass is 1820 g/mol. The van der Waals surface area contributed by atoms with Gasteiger partial charge >= 0.3 is 69.4 Å². The second-order valence-corrected chi connectivity index (χ2v) is 30.9. The molecule has 4 aromatic heterocycles. The number of halogens is 2. The van der Waals surface area contributed by atoms with Crippen molar-refractivity contribution in [1.82, 2.24) is 39.1 Å². The number of esters is 3. The van der Waals surface area contributed by atoms with Gasteiger partial charge in [0.25, 0.3) is 23.6 Å². The van der Waals surface area contributed by atoms with E-state index < -0.39 is 67.0 Å². The van der Waals surface area contributed by atoms with Gasteiger partial charge in [0.2, 0.25) is 0 Å². The number of nitriles is 4. The summed E-state index contributed by atoms with van der Waals surface area (Å²) in [6, 6.07) is 30.6. The van der Waals surface area contributed by atoms with Gasteiger partial charge in [-0.25, -0.2) is 14.4 Å². The summed E-state index contributed by atoms with van der Waals surface area (Å²) in [5.41, 5.74) is 31.1. The van der Waals surface area contributed by atoms with E-state index in [-0.39, 0.29) is 136 Å². The van der Waals surface area contributed by atoms with E-state index in [9.17, 15) is 54.4 Å². The fourth-order valence-corrected chi connectivity index (χ4v) is 15.3. The number of carbonyl (C=O) groups is 7. The van der Waals surface area contributed by atoms with Crippen molar-refractivity contribution in [3.8, 4) is 30.0 Å². The first-order valence-corrected chi connectivity index (χ1v) is 39.4. The van der Waals surface area contributed by atoms with Crippen molar-refractivity contribution in [3.63, 3.8) is 0 Å². The number of nitrogens with one attached hydrogen (secondary N) is 3. The van der Waals surface area contributed by atoms with E-state index in [2.05, 4.69) is 97.2 Å². The molecule has 5 fully saturated rings. The predicted molar refractivity (Wildman–Crippen MR) is 466 cm³/mol. The van der Waals surface area contributed by atoms with Gasteiger partial charge in [0.05, 0.1) is 121 Å². The van der Waals surface area contributed by atoms with Gasteiger partial charge in [0, 0.05) is 68.8 Å². The normalized spacial score (nSPS) is 18.9. The van der Waals surface area contributed by atoms with Crippen molar-refractivity contribution in [2.45, 2.75) is 162 Å². The van der Waals surface area contributed by atoms with Crippen LogP contribution in [0.3, 0.4) is 0 Å². The zero-order valence-corrected chi connectivity index (χ0v) is 73.2. The number of anilines is 7. The molecule has 4 radical (unpaired) electrons. The maximum Gasteiger partial charge on any atom is 1.00 e. The minimum Gasteiger partial charge on any atom is -1.00 e. The van der Waals surface area contributed by atoms with Crippen molar-refractivity contribution in [2.75, 3.05) is 49.6 Å². The van der Waals surface area contributed by atoms with Crippen LogP contribution in [0.2, 0.25) is 0 Å². The molecule has 1 saturated heterocycles. The smallest absolute Gasteiger partial charge is 1.00 e. The molecule has 123 heavy (non-hydrogen) atoms. The van der Waals surface area contributed by atoms with Crippen molar-refractivity contribution in [3.05, 3.63) is 152 Å². The molecule has 43 heteroatoms. The summed E-state index contributed by atoms with van der Waals surface area (Å²) in [5.74, 6) is -2.86. The van der Waals surface area contributed by atoms with Crippen molar-refractivity contribution >= 4 is 155 Å². The number of hydrogen-bond donors (Lipinski definition) is 10. The Kier molecular flexibility index (Phi) is 38.1. The molecule has 4 saturated carbocycles. The third-order valence-electron chi connectivity index (χ3n) is 21.1. The van der Waals surface area contributed by atoms with Crippen LogP contribution in [0.1, 0.15) is 228 Å². The average Bonchev–Trinajstić information content (AvgIpc) is 1.61. The number of benzene rings is 4. The minimum absolute atomic E-state index is 0. The first-order valence-electron chi connectivity index (χ1n) is 38.8. The summed E-state index contributed by atoms with van der Waals surface area (Å²) in [5, 5.41) is 82.2. The van der Waals surface area contributed by atoms with Gasteiger partial charge in [-0.2, -0.15) is 41.4 Å². The molecule has 4 aromatic carbocycles. The fourth-order valence-electron chi connectivity index (χ4n) is 14.2. The molecule has 0 bridgehead atoms. The van der Waals surface area contributed by atoms with Gasteiger partial charge in [-0.15, -0.1) is 0 Å². The molecule has 644 valence electrons. The number of ether oxygens (including phenoxy) is 3. The molecular formula is C80H101B4Br2N20NaO16. The molecule has 15 N–H and O–H groups in total. The van der Waals surface area contributed by atoms with Crippen LogP contribution in [0.4, 0.5) is 40.3 Å². The summed E-state index contributed by atoms with van der Waals surface area (Å²) in [7, 11) is 2.66. The molecule has 4 aliphatic carbocycles. The quantitative estimate of drug-likeness (QED) is 0.0176. The van der Waals surface area contributed by atoms with Gasteiger partial charge < -0.3 is 88.9 Å². The largest absolute Gasteiger partial charge is 1.00 e. The minimum atomic E-state index is -1.03. The number of primary amides is 4. The number of amides is 4. The second kappa shape index (κ2) is 46.5. The van der Waals surface area contributed by atoms with Gasteiger partial charge in [-0.1, -0.05) is 27.0 Å². The summed E-state index contributed by atoms with van der Waals surface area (Å²) in [4.78, 5) is 82.2. The first-order chi connectivity index (χ1) is 57.8. The Bertz CT molecular complexity index is 5240. The molecular weight excluding hydrogens is 1720 g/mol. The Balaban J connectivity index is 0.000000413. The Hall–Kier alpha value is -11.0. The number of nitrogens with zero attached hydrogens (tertiary/aromatic N) is 12. The number of hydrogen-bond acceptors (Lipinski definition) is 28. The third-order valence-corrected chi connectivity index (χ3v) is 22.4. The molecule has 1 aliphatic heterocycles.